The van der Waals surface area contributed by atoms with Crippen LogP contribution in [0.3, 0.4) is 0 Å². The molecule has 0 aliphatic heterocycles. The van der Waals surface area contributed by atoms with Crippen LogP contribution in [0, 0.1) is 10.1 Å². The predicted molar refractivity (Wildman–Crippen MR) is 240 cm³/mol. The van der Waals surface area contributed by atoms with Gasteiger partial charge in [0.2, 0.25) is 11.8 Å². The van der Waals surface area contributed by atoms with Crippen molar-refractivity contribution in [3.63, 3.8) is 0 Å². The van der Waals surface area contributed by atoms with Gasteiger partial charge in [-0.15, -0.1) is 0 Å². The lowest BCUT2D eigenvalue weighted by Gasteiger charge is -2.24. The number of ether oxygens (including phenoxy) is 1. The van der Waals surface area contributed by atoms with Crippen LogP contribution < -0.4 is 15.4 Å². The number of amides is 3. The second kappa shape index (κ2) is 27.3. The molecule has 2 N–H and O–H groups in total. The average molecular weight is 883 g/mol. The molecule has 2 heterocycles. The first-order chi connectivity index (χ1) is 30.7. The number of carbonyl (C=O) groups is 4. The van der Waals surface area contributed by atoms with Crippen LogP contribution in [0.1, 0.15) is 152 Å². The topological polar surface area (TPSA) is 226 Å². The molecule has 0 aliphatic carbocycles. The van der Waals surface area contributed by atoms with Gasteiger partial charge in [-0.25, -0.2) is 9.59 Å². The van der Waals surface area contributed by atoms with Gasteiger partial charge in [-0.05, 0) is 69.7 Å². The number of nitro benzene ring substituents is 1. The molecule has 5 rings (SSSR count). The Hall–Kier alpha value is -6.78. The highest BCUT2D eigenvalue weighted by Gasteiger charge is 2.27. The molecule has 0 spiro atoms. The van der Waals surface area contributed by atoms with Gasteiger partial charge < -0.3 is 29.3 Å². The number of non-ortho nitro benzene ring substituents is 1. The molecule has 0 aliphatic rings. The Morgan fingerprint density at radius 1 is 0.719 bits per heavy atom. The van der Waals surface area contributed by atoms with Crippen molar-refractivity contribution in [2.24, 2.45) is 0 Å². The standard InChI is InChI=1S/C20H28N4O3.C17H20N4O6.C10H14/c1-5-14(3)18-22-19(27-23-18)17(12-15(4)25)21-20(26)24(6-2)13-16-10-8-7-9-11-16;1-4-10(2)15-19-16(27-20-15)14(9-11(3)22)18-17(23)26-13-7-5-12(6-8-13)21(24)25;1-2-3-7-10-8-5-4-6-9-10/h7-11,14,17H,5-6,12-13H2,1-4H3,(H,21,26);5-8,10,14H,4,9H2,1-3H3,(H,18,23);4-6,8-9H,2-3,7H2,1H3/t14-,17-;10-,14-;/m00./s1. The predicted octanol–water partition coefficient (Wildman–Crippen LogP) is 10.2. The van der Waals surface area contributed by atoms with E-state index in [9.17, 15) is 29.3 Å². The summed E-state index contributed by atoms with van der Waals surface area (Å²) < 4.78 is 15.6. The van der Waals surface area contributed by atoms with E-state index in [1.54, 1.807) is 4.90 Å². The molecule has 17 nitrogen and oxygen atoms in total. The van der Waals surface area contributed by atoms with Crippen molar-refractivity contribution in [3.8, 4) is 5.75 Å². The number of rotatable bonds is 20. The van der Waals surface area contributed by atoms with Gasteiger partial charge in [0.1, 0.15) is 29.4 Å². The maximum Gasteiger partial charge on any atom is 0.413 e. The summed E-state index contributed by atoms with van der Waals surface area (Å²) in [6, 6.07) is 23.7. The van der Waals surface area contributed by atoms with Gasteiger partial charge in [-0.2, -0.15) is 9.97 Å². The van der Waals surface area contributed by atoms with E-state index < -0.39 is 23.1 Å². The molecular formula is C47H62N8O9. The summed E-state index contributed by atoms with van der Waals surface area (Å²) in [6.07, 6.45) is 4.73. The average Bonchev–Trinajstić information content (AvgIpc) is 3.99. The summed E-state index contributed by atoms with van der Waals surface area (Å²) >= 11 is 0. The normalized spacial score (nSPS) is 12.4. The fourth-order valence-electron chi connectivity index (χ4n) is 5.83. The van der Waals surface area contributed by atoms with Crippen LogP contribution in [-0.2, 0) is 22.6 Å². The van der Waals surface area contributed by atoms with E-state index in [-0.39, 0.29) is 65.5 Å². The first-order valence-electron chi connectivity index (χ1n) is 21.7. The second-order valence-electron chi connectivity index (χ2n) is 15.3. The summed E-state index contributed by atoms with van der Waals surface area (Å²) in [7, 11) is 0. The minimum absolute atomic E-state index is 0.0441. The quantitative estimate of drug-likeness (QED) is 0.0549. The first-order valence-corrected chi connectivity index (χ1v) is 21.7. The van der Waals surface area contributed by atoms with Gasteiger partial charge in [-0.3, -0.25) is 19.7 Å². The van der Waals surface area contributed by atoms with Gasteiger partial charge >= 0.3 is 12.1 Å². The van der Waals surface area contributed by atoms with Crippen LogP contribution in [0.25, 0.3) is 0 Å². The summed E-state index contributed by atoms with van der Waals surface area (Å²) in [5, 5.41) is 23.9. The third-order valence-corrected chi connectivity index (χ3v) is 10.00. The molecule has 2 aromatic heterocycles. The van der Waals surface area contributed by atoms with Gasteiger partial charge in [0.15, 0.2) is 11.6 Å². The molecular weight excluding hydrogens is 821 g/mol. The van der Waals surface area contributed by atoms with Crippen molar-refractivity contribution in [3.05, 3.63) is 130 Å². The number of nitro groups is 1. The van der Waals surface area contributed by atoms with E-state index in [1.165, 1.54) is 62.9 Å². The number of benzene rings is 3. The van der Waals surface area contributed by atoms with Crippen molar-refractivity contribution >= 4 is 29.4 Å². The van der Waals surface area contributed by atoms with E-state index >= 15 is 0 Å². The van der Waals surface area contributed by atoms with E-state index in [1.807, 2.05) is 65.0 Å². The molecule has 3 amide bonds. The molecule has 0 saturated carbocycles. The lowest BCUT2D eigenvalue weighted by atomic mass is 10.1. The highest BCUT2D eigenvalue weighted by atomic mass is 16.6. The van der Waals surface area contributed by atoms with Gasteiger partial charge in [0.25, 0.3) is 5.69 Å². The minimum Gasteiger partial charge on any atom is -0.410 e. The smallest absolute Gasteiger partial charge is 0.410 e. The summed E-state index contributed by atoms with van der Waals surface area (Å²) in [6.45, 7) is 16.0. The zero-order chi connectivity index (χ0) is 47.0. The maximum atomic E-state index is 12.8. The van der Waals surface area contributed by atoms with E-state index in [0.29, 0.717) is 24.7 Å². The molecule has 0 bridgehead atoms. The summed E-state index contributed by atoms with van der Waals surface area (Å²) in [4.78, 5) is 68.5. The fraction of sp³-hybridized carbons (Fsp3) is 0.447. The Morgan fingerprint density at radius 2 is 1.20 bits per heavy atom. The Bertz CT molecular complexity index is 2180. The monoisotopic (exact) mass is 882 g/mol. The Labute approximate surface area is 374 Å². The van der Waals surface area contributed by atoms with E-state index in [0.717, 1.165) is 18.4 Å². The summed E-state index contributed by atoms with van der Waals surface area (Å²) in [5.41, 5.74) is 2.37. The molecule has 0 fully saturated rings. The SMILES string of the molecule is CCCCc1ccccc1.CC[C@H](C)c1noc([C@H](CC(C)=O)NC(=O)N(CC)Cc2ccccc2)n1.CC[C@H](C)c1noc([C@H](CC(C)=O)NC(=O)Oc2ccc([N+](=O)[O-])cc2)n1. The van der Waals surface area contributed by atoms with Crippen LogP contribution >= 0.6 is 0 Å². The van der Waals surface area contributed by atoms with Crippen molar-refractivity contribution in [2.75, 3.05) is 6.54 Å². The molecule has 64 heavy (non-hydrogen) atoms. The number of hydrogen-bond donors (Lipinski definition) is 2. The van der Waals surface area contributed by atoms with Crippen molar-refractivity contribution in [2.45, 2.75) is 131 Å². The van der Waals surface area contributed by atoms with Crippen LogP contribution in [-0.4, -0.2) is 60.3 Å². The Balaban J connectivity index is 0.000000280. The third-order valence-electron chi connectivity index (χ3n) is 10.00. The second-order valence-corrected chi connectivity index (χ2v) is 15.3. The van der Waals surface area contributed by atoms with Crippen molar-refractivity contribution < 1.29 is 37.9 Å². The lowest BCUT2D eigenvalue weighted by Crippen LogP contribution is -2.41. The van der Waals surface area contributed by atoms with Crippen LogP contribution in [0.5, 0.6) is 5.75 Å². The number of urea groups is 1. The highest BCUT2D eigenvalue weighted by molar-refractivity contribution is 5.79. The summed E-state index contributed by atoms with van der Waals surface area (Å²) in [5.74, 6) is 1.57. The van der Waals surface area contributed by atoms with Crippen LogP contribution in [0.4, 0.5) is 15.3 Å². The zero-order valence-electron chi connectivity index (χ0n) is 38.1. The Kier molecular flexibility index (Phi) is 22.0. The molecule has 17 heteroatoms. The van der Waals surface area contributed by atoms with Crippen LogP contribution in [0.2, 0.25) is 0 Å². The number of aryl methyl sites for hydroxylation is 1. The molecule has 5 aromatic rings. The zero-order valence-corrected chi connectivity index (χ0v) is 38.1. The van der Waals surface area contributed by atoms with Gasteiger partial charge in [-0.1, -0.05) is 112 Å². The number of ketones is 2. The van der Waals surface area contributed by atoms with Crippen molar-refractivity contribution in [1.29, 1.82) is 0 Å². The van der Waals surface area contributed by atoms with Crippen molar-refractivity contribution in [1.82, 2.24) is 35.8 Å². The van der Waals surface area contributed by atoms with Crippen LogP contribution in [0.15, 0.2) is 94.0 Å². The highest BCUT2D eigenvalue weighted by Crippen LogP contribution is 2.23. The van der Waals surface area contributed by atoms with E-state index in [4.69, 9.17) is 13.8 Å². The number of nitrogens with one attached hydrogen (secondary N) is 2. The number of hydrogen-bond acceptors (Lipinski definition) is 13. The number of Topliss-reactive ketones (excluding diaryl/α,β-unsaturated/α-hetero) is 2. The van der Waals surface area contributed by atoms with Gasteiger partial charge in [0, 0.05) is 49.9 Å². The molecule has 4 atom stereocenters. The molecule has 344 valence electrons. The minimum atomic E-state index is -0.849. The maximum absolute atomic E-state index is 12.8. The lowest BCUT2D eigenvalue weighted by molar-refractivity contribution is -0.384. The number of nitrogens with zero attached hydrogens (tertiary/aromatic N) is 6. The molecule has 3 aromatic carbocycles. The number of unbranched alkanes of at least 4 members (excludes halogenated alkanes) is 1. The van der Waals surface area contributed by atoms with Gasteiger partial charge in [0.05, 0.1) is 4.92 Å². The number of aromatic nitrogens is 4. The first kappa shape index (κ1) is 51.6. The Morgan fingerprint density at radius 3 is 1.64 bits per heavy atom. The molecule has 0 unspecified atom stereocenters. The largest absolute Gasteiger partial charge is 0.413 e. The number of carbonyl (C=O) groups excluding carboxylic acids is 4. The fourth-order valence-corrected chi connectivity index (χ4v) is 5.83. The molecule has 0 radical (unpaired) electrons. The van der Waals surface area contributed by atoms with E-state index in [2.05, 4.69) is 68.2 Å². The third kappa shape index (κ3) is 17.9. The molecule has 0 saturated heterocycles.